The van der Waals surface area contributed by atoms with E-state index in [1.165, 1.54) is 28.6 Å². The molecule has 10 rings (SSSR count). The molecule has 0 atom stereocenters. The number of nitrogen functional groups attached to an aromatic ring is 1. The second kappa shape index (κ2) is 23.9. The van der Waals surface area contributed by atoms with Crippen molar-refractivity contribution in [1.29, 1.82) is 0 Å². The van der Waals surface area contributed by atoms with Gasteiger partial charge in [-0.05, 0) is 96.8 Å². The highest BCUT2D eigenvalue weighted by Crippen LogP contribution is 2.31. The number of amides is 1. The molecule has 0 aliphatic carbocycles. The Balaban J connectivity index is 0.000000180. The molecule has 5 N–H and O–H groups in total. The first-order valence-electron chi connectivity index (χ1n) is 25.2. The van der Waals surface area contributed by atoms with Crippen LogP contribution in [-0.2, 0) is 17.6 Å². The van der Waals surface area contributed by atoms with Crippen molar-refractivity contribution in [1.82, 2.24) is 29.7 Å². The second-order valence-corrected chi connectivity index (χ2v) is 18.1. The van der Waals surface area contributed by atoms with Crippen LogP contribution >= 0.6 is 0 Å². The molecule has 6 aromatic carbocycles. The highest BCUT2D eigenvalue weighted by atomic mass is 16.5. The third-order valence-corrected chi connectivity index (χ3v) is 13.3. The first-order chi connectivity index (χ1) is 35.3. The summed E-state index contributed by atoms with van der Waals surface area (Å²) in [6.45, 7) is 18.9. The topological polar surface area (TPSA) is 153 Å². The van der Waals surface area contributed by atoms with Crippen molar-refractivity contribution in [2.75, 3.05) is 106 Å². The number of hydrogen-bond donors (Lipinski definition) is 4. The Kier molecular flexibility index (Phi) is 16.3. The van der Waals surface area contributed by atoms with Crippen molar-refractivity contribution in [2.45, 2.75) is 26.7 Å². The molecule has 2 saturated heterocycles. The van der Waals surface area contributed by atoms with Crippen LogP contribution in [0, 0.1) is 0 Å². The van der Waals surface area contributed by atoms with Crippen molar-refractivity contribution in [3.63, 3.8) is 0 Å². The fraction of sp³-hybridized carbons (Fsp3) is 0.293. The van der Waals surface area contributed by atoms with Crippen LogP contribution in [0.2, 0.25) is 0 Å². The number of hydrogen-bond acceptors (Lipinski definition) is 11. The number of nitrogens with two attached hydrogens (primary N) is 1. The van der Waals surface area contributed by atoms with E-state index in [-0.39, 0.29) is 6.61 Å². The predicted octanol–water partition coefficient (Wildman–Crippen LogP) is 10.3. The zero-order valence-electron chi connectivity index (χ0n) is 41.5. The minimum Gasteiger partial charge on any atom is -0.492 e. The zero-order chi connectivity index (χ0) is 49.7. The predicted molar refractivity (Wildman–Crippen MR) is 293 cm³/mol. The molecule has 0 unspecified atom stereocenters. The number of para-hydroxylation sites is 2. The average molecular weight is 967 g/mol. The van der Waals surface area contributed by atoms with Gasteiger partial charge in [0, 0.05) is 87.9 Å². The van der Waals surface area contributed by atoms with Gasteiger partial charge in [-0.15, -0.1) is 0 Å². The van der Waals surface area contributed by atoms with Gasteiger partial charge in [-0.2, -0.15) is 0 Å². The number of aromatic nitrogens is 4. The fourth-order valence-corrected chi connectivity index (χ4v) is 9.11. The molecule has 0 saturated carbocycles. The van der Waals surface area contributed by atoms with E-state index in [1.54, 1.807) is 12.1 Å². The quantitative estimate of drug-likeness (QED) is 0.0510. The van der Waals surface area contributed by atoms with E-state index in [1.807, 2.05) is 36.4 Å². The lowest BCUT2D eigenvalue weighted by atomic mass is 10.1. The molecule has 4 heterocycles. The number of imidazole rings is 2. The summed E-state index contributed by atoms with van der Waals surface area (Å²) in [6, 6.07) is 44.9. The Morgan fingerprint density at radius 2 is 1.06 bits per heavy atom. The van der Waals surface area contributed by atoms with E-state index in [0.29, 0.717) is 18.9 Å². The van der Waals surface area contributed by atoms with Gasteiger partial charge in [-0.1, -0.05) is 87.2 Å². The van der Waals surface area contributed by atoms with Crippen LogP contribution in [0.3, 0.4) is 0 Å². The van der Waals surface area contributed by atoms with Crippen molar-refractivity contribution in [2.24, 2.45) is 0 Å². The van der Waals surface area contributed by atoms with Gasteiger partial charge in [0.25, 0.3) is 0 Å². The summed E-state index contributed by atoms with van der Waals surface area (Å²) >= 11 is 0. The van der Waals surface area contributed by atoms with Crippen LogP contribution in [0.25, 0.3) is 44.8 Å². The van der Waals surface area contributed by atoms with Gasteiger partial charge in [0.05, 0.1) is 22.4 Å². The van der Waals surface area contributed by atoms with E-state index in [4.69, 9.17) is 29.9 Å². The van der Waals surface area contributed by atoms with E-state index in [2.05, 4.69) is 140 Å². The molecule has 0 bridgehead atoms. The highest BCUT2D eigenvalue weighted by Gasteiger charge is 2.22. The molecule has 2 fully saturated rings. The van der Waals surface area contributed by atoms with Gasteiger partial charge in [-0.3, -0.25) is 15.1 Å². The van der Waals surface area contributed by atoms with Gasteiger partial charge >= 0.3 is 6.09 Å². The minimum absolute atomic E-state index is 0.176. The molecular weight excluding hydrogens is 901 g/mol. The molecule has 2 aliphatic heterocycles. The number of anilines is 4. The largest absolute Gasteiger partial charge is 0.492 e. The van der Waals surface area contributed by atoms with Crippen LogP contribution in [-0.4, -0.2) is 121 Å². The molecule has 14 nitrogen and oxygen atoms in total. The summed E-state index contributed by atoms with van der Waals surface area (Å²) in [5, 5.41) is 2.67. The summed E-state index contributed by atoms with van der Waals surface area (Å²) in [6.07, 6.45) is 3.10. The van der Waals surface area contributed by atoms with Gasteiger partial charge in [0.15, 0.2) is 0 Å². The van der Waals surface area contributed by atoms with Crippen LogP contribution in [0.5, 0.6) is 11.5 Å². The lowest BCUT2D eigenvalue weighted by Crippen LogP contribution is -2.47. The third kappa shape index (κ3) is 12.6. The molecule has 8 aromatic rings. The first-order valence-corrected chi connectivity index (χ1v) is 25.2. The average Bonchev–Trinajstić information content (AvgIpc) is 4.08. The van der Waals surface area contributed by atoms with Gasteiger partial charge in [-0.25, -0.2) is 14.8 Å². The minimum atomic E-state index is -0.506. The molecule has 372 valence electrons. The number of nitrogens with one attached hydrogen (secondary N) is 3. The molecule has 1 amide bonds. The number of rotatable bonds is 17. The highest BCUT2D eigenvalue weighted by molar-refractivity contribution is 5.92. The molecule has 14 heteroatoms. The van der Waals surface area contributed by atoms with Crippen LogP contribution in [0.1, 0.15) is 25.0 Å². The number of piperazine rings is 2. The Morgan fingerprint density at radius 1 is 0.611 bits per heavy atom. The molecule has 2 aliphatic rings. The van der Waals surface area contributed by atoms with Crippen molar-refractivity contribution >= 4 is 50.9 Å². The maximum Gasteiger partial charge on any atom is 0.411 e. The van der Waals surface area contributed by atoms with Crippen molar-refractivity contribution in [3.8, 4) is 34.3 Å². The van der Waals surface area contributed by atoms with E-state index < -0.39 is 6.09 Å². The number of ether oxygens (including phenoxy) is 3. The molecule has 72 heavy (non-hydrogen) atoms. The molecular formula is C58H66N10O4. The zero-order valence-corrected chi connectivity index (χ0v) is 41.5. The summed E-state index contributed by atoms with van der Waals surface area (Å²) < 4.78 is 16.7. The Labute approximate surface area is 422 Å². The number of fused-ring (bicyclic) bond motifs is 2. The third-order valence-electron chi connectivity index (χ3n) is 13.3. The van der Waals surface area contributed by atoms with Gasteiger partial charge < -0.3 is 39.7 Å². The number of carbonyl (C=O) groups excluding carboxylic acids is 1. The summed E-state index contributed by atoms with van der Waals surface area (Å²) in [7, 11) is 0. The number of carbonyl (C=O) groups is 1. The maximum absolute atomic E-state index is 11.6. The number of aryl methyl sites for hydroxylation is 2. The normalized spacial score (nSPS) is 14.2. The van der Waals surface area contributed by atoms with Gasteiger partial charge in [0.2, 0.25) is 0 Å². The molecule has 0 spiro atoms. The Hall–Kier alpha value is -7.81. The fourth-order valence-electron chi connectivity index (χ4n) is 9.11. The van der Waals surface area contributed by atoms with Crippen LogP contribution in [0.4, 0.5) is 27.5 Å². The maximum atomic E-state index is 11.6. The monoisotopic (exact) mass is 967 g/mol. The standard InChI is InChI=1S/C31H35N5O3.C27H31N5O/c1-3-21-39-31(37)32-25-12-14-26(15-13-25)38-22-20-35-16-18-36(19-17-35)28-7-5-6-27-29(28)34-30(33-27)24-10-8-23(4-2)9-11-24;1-2-20-6-8-21(9-7-20)27-29-24-4-3-5-25(26(24)30-27)32-16-14-31(15-17-32)18-19-33-23-12-10-22(28)11-13-23/h3,5-15H,1,4,16-22H2,2H3,(H,32,37)(H,33,34);3-13H,2,14-19,28H2,1H3,(H,29,30). The Morgan fingerprint density at radius 3 is 1.49 bits per heavy atom. The van der Waals surface area contributed by atoms with Gasteiger partial charge in [0.1, 0.15) is 54.0 Å². The summed E-state index contributed by atoms with van der Waals surface area (Å²) in [5.41, 5.74) is 18.6. The number of nitrogens with zero attached hydrogens (tertiary/aromatic N) is 6. The number of H-pyrrole nitrogens is 2. The number of aromatic amines is 2. The van der Waals surface area contributed by atoms with Crippen LogP contribution < -0.4 is 30.3 Å². The smallest absolute Gasteiger partial charge is 0.411 e. The van der Waals surface area contributed by atoms with Crippen molar-refractivity contribution in [3.05, 3.63) is 157 Å². The van der Waals surface area contributed by atoms with E-state index >= 15 is 0 Å². The summed E-state index contributed by atoms with van der Waals surface area (Å²) in [4.78, 5) is 38.4. The SMILES string of the molecule is C=CCOC(=O)Nc1ccc(OCCN2CCN(c3cccc4[nH]c(-c5ccc(CC)cc5)nc34)CC2)cc1.CCc1ccc(-c2nc3c(N4CCN(CCOc5ccc(N)cc5)CC4)cccc3[nH]2)cc1. The second-order valence-electron chi connectivity index (χ2n) is 18.1. The van der Waals surface area contributed by atoms with E-state index in [9.17, 15) is 4.79 Å². The number of benzene rings is 6. The lowest BCUT2D eigenvalue weighted by molar-refractivity contribution is 0.174. The molecule has 0 radical (unpaired) electrons. The van der Waals surface area contributed by atoms with Crippen molar-refractivity contribution < 1.29 is 19.0 Å². The van der Waals surface area contributed by atoms with E-state index in [0.717, 1.165) is 140 Å². The lowest BCUT2D eigenvalue weighted by Gasteiger charge is -2.36. The molecule has 2 aromatic heterocycles. The van der Waals surface area contributed by atoms with Crippen LogP contribution in [0.15, 0.2) is 146 Å². The first kappa shape index (κ1) is 49.2. The Bertz CT molecular complexity index is 2990. The summed E-state index contributed by atoms with van der Waals surface area (Å²) in [5.74, 6) is 3.48.